The summed E-state index contributed by atoms with van der Waals surface area (Å²) in [5.74, 6) is 0.229. The lowest BCUT2D eigenvalue weighted by atomic mass is 10.1. The molecule has 3 rings (SSSR count). The molecule has 8 heteroatoms. The van der Waals surface area contributed by atoms with E-state index in [2.05, 4.69) is 4.98 Å². The fraction of sp³-hybridized carbons (Fsp3) is 0.0625. The van der Waals surface area contributed by atoms with Gasteiger partial charge in [-0.2, -0.15) is 0 Å². The maximum absolute atomic E-state index is 12.4. The molecular formula is C16H14N2O5S. The molecule has 0 aliphatic rings. The number of sulfonamides is 1. The normalized spacial score (nSPS) is 11.2. The summed E-state index contributed by atoms with van der Waals surface area (Å²) in [6.45, 7) is 0. The number of ether oxygens (including phenoxy) is 1. The number of furan rings is 1. The number of aromatic amines is 1. The first-order valence-electron chi connectivity index (χ1n) is 6.93. The summed E-state index contributed by atoms with van der Waals surface area (Å²) in [5.41, 5.74) is 0.643. The van der Waals surface area contributed by atoms with E-state index in [0.29, 0.717) is 17.1 Å². The number of nitrogens with one attached hydrogen (secondary N) is 2. The van der Waals surface area contributed by atoms with Crippen molar-refractivity contribution in [2.24, 2.45) is 0 Å². The number of rotatable bonds is 5. The molecule has 0 aliphatic carbocycles. The third kappa shape index (κ3) is 3.04. The van der Waals surface area contributed by atoms with Gasteiger partial charge in [0.05, 0.1) is 23.8 Å². The van der Waals surface area contributed by atoms with E-state index >= 15 is 0 Å². The molecule has 0 atom stereocenters. The Morgan fingerprint density at radius 3 is 2.54 bits per heavy atom. The maximum Gasteiger partial charge on any atom is 0.267 e. The lowest BCUT2D eigenvalue weighted by Crippen LogP contribution is -2.30. The van der Waals surface area contributed by atoms with Crippen LogP contribution in [0.3, 0.4) is 0 Å². The van der Waals surface area contributed by atoms with E-state index in [1.54, 1.807) is 18.3 Å². The minimum Gasteiger partial charge on any atom is -0.497 e. The van der Waals surface area contributed by atoms with E-state index in [9.17, 15) is 13.2 Å². The Labute approximate surface area is 138 Å². The molecule has 0 radical (unpaired) electrons. The van der Waals surface area contributed by atoms with Gasteiger partial charge in [-0.25, -0.2) is 13.1 Å². The van der Waals surface area contributed by atoms with Crippen molar-refractivity contribution in [2.45, 2.75) is 4.90 Å². The number of aromatic nitrogens is 1. The van der Waals surface area contributed by atoms with E-state index in [1.165, 1.54) is 43.8 Å². The van der Waals surface area contributed by atoms with Crippen LogP contribution in [0.25, 0.3) is 11.3 Å². The predicted octanol–water partition coefficient (Wildman–Crippen LogP) is 2.40. The Morgan fingerprint density at radius 1 is 1.17 bits per heavy atom. The second kappa shape index (κ2) is 6.25. The average Bonchev–Trinajstić information content (AvgIpc) is 3.25. The van der Waals surface area contributed by atoms with Crippen LogP contribution in [-0.2, 0) is 10.0 Å². The van der Waals surface area contributed by atoms with Crippen LogP contribution in [-0.4, -0.2) is 26.4 Å². The Morgan fingerprint density at radius 2 is 1.92 bits per heavy atom. The van der Waals surface area contributed by atoms with Crippen LogP contribution in [0.2, 0.25) is 0 Å². The summed E-state index contributed by atoms with van der Waals surface area (Å²) >= 11 is 0. The second-order valence-corrected chi connectivity index (χ2v) is 6.55. The fourth-order valence-corrected chi connectivity index (χ4v) is 3.14. The number of amides is 1. The summed E-state index contributed by atoms with van der Waals surface area (Å²) in [7, 11) is -2.52. The molecular weight excluding hydrogens is 332 g/mol. The monoisotopic (exact) mass is 346 g/mol. The molecule has 24 heavy (non-hydrogen) atoms. The molecule has 124 valence electrons. The van der Waals surface area contributed by atoms with Crippen LogP contribution >= 0.6 is 0 Å². The molecule has 0 fully saturated rings. The summed E-state index contributed by atoms with van der Waals surface area (Å²) in [5, 5.41) is 0. The maximum atomic E-state index is 12.4. The van der Waals surface area contributed by atoms with Crippen molar-refractivity contribution in [1.82, 2.24) is 9.71 Å². The van der Waals surface area contributed by atoms with Gasteiger partial charge in [-0.3, -0.25) is 4.79 Å². The SMILES string of the molecule is COc1ccc(S(=O)(=O)NC(=O)c2c[nH]cc2-c2ccco2)cc1. The highest BCUT2D eigenvalue weighted by atomic mass is 32.2. The predicted molar refractivity (Wildman–Crippen MR) is 86.1 cm³/mol. The quantitative estimate of drug-likeness (QED) is 0.739. The number of H-pyrrole nitrogens is 1. The Hall–Kier alpha value is -3.00. The highest BCUT2D eigenvalue weighted by Crippen LogP contribution is 2.24. The molecule has 0 unspecified atom stereocenters. The van der Waals surface area contributed by atoms with Gasteiger partial charge in [-0.15, -0.1) is 0 Å². The lowest BCUT2D eigenvalue weighted by Gasteiger charge is -2.08. The van der Waals surface area contributed by atoms with Gasteiger partial charge >= 0.3 is 0 Å². The van der Waals surface area contributed by atoms with Crippen LogP contribution in [0.1, 0.15) is 10.4 Å². The van der Waals surface area contributed by atoms with Gasteiger partial charge in [-0.05, 0) is 36.4 Å². The summed E-state index contributed by atoms with van der Waals surface area (Å²) in [4.78, 5) is 15.1. The van der Waals surface area contributed by atoms with Crippen LogP contribution in [0.5, 0.6) is 5.75 Å². The number of benzene rings is 1. The molecule has 7 nitrogen and oxygen atoms in total. The van der Waals surface area contributed by atoms with Gasteiger partial charge in [0.2, 0.25) is 0 Å². The van der Waals surface area contributed by atoms with E-state index in [-0.39, 0.29) is 10.5 Å². The first-order valence-corrected chi connectivity index (χ1v) is 8.41. The first-order chi connectivity index (χ1) is 11.5. The minimum absolute atomic E-state index is 0.0354. The molecule has 0 bridgehead atoms. The highest BCUT2D eigenvalue weighted by molar-refractivity contribution is 7.90. The molecule has 2 N–H and O–H groups in total. The van der Waals surface area contributed by atoms with Gasteiger partial charge in [-0.1, -0.05) is 0 Å². The van der Waals surface area contributed by atoms with Gasteiger partial charge in [0.15, 0.2) is 0 Å². The standard InChI is InChI=1S/C16H14N2O5S/c1-22-11-4-6-12(7-5-11)24(20,21)18-16(19)14-10-17-9-13(14)15-3-2-8-23-15/h2-10,17H,1H3,(H,18,19). The van der Waals surface area contributed by atoms with Gasteiger partial charge in [0, 0.05) is 18.0 Å². The number of hydrogen-bond acceptors (Lipinski definition) is 5. The number of carbonyl (C=O) groups is 1. The van der Waals surface area contributed by atoms with E-state index in [0.717, 1.165) is 0 Å². The van der Waals surface area contributed by atoms with Crippen LogP contribution in [0.15, 0.2) is 64.4 Å². The van der Waals surface area contributed by atoms with Crippen LogP contribution in [0.4, 0.5) is 0 Å². The highest BCUT2D eigenvalue weighted by Gasteiger charge is 2.22. The third-order valence-corrected chi connectivity index (χ3v) is 4.72. The molecule has 0 saturated carbocycles. The zero-order valence-corrected chi connectivity index (χ0v) is 13.5. The van der Waals surface area contributed by atoms with Crippen LogP contribution in [0, 0.1) is 0 Å². The molecule has 2 heterocycles. The van der Waals surface area contributed by atoms with Crippen molar-refractivity contribution in [3.63, 3.8) is 0 Å². The smallest absolute Gasteiger partial charge is 0.267 e. The fourth-order valence-electron chi connectivity index (χ4n) is 2.18. The molecule has 0 aliphatic heterocycles. The molecule has 0 spiro atoms. The molecule has 3 aromatic rings. The van der Waals surface area contributed by atoms with Gasteiger partial charge in [0.1, 0.15) is 11.5 Å². The number of methoxy groups -OCH3 is 1. The lowest BCUT2D eigenvalue weighted by molar-refractivity contribution is 0.0982. The Bertz CT molecular complexity index is 941. The van der Waals surface area contributed by atoms with Crippen molar-refractivity contribution >= 4 is 15.9 Å². The largest absolute Gasteiger partial charge is 0.497 e. The molecule has 1 amide bonds. The Kier molecular flexibility index (Phi) is 4.13. The zero-order chi connectivity index (χ0) is 17.2. The van der Waals surface area contributed by atoms with Gasteiger partial charge in [0.25, 0.3) is 15.9 Å². The molecule has 0 saturated heterocycles. The van der Waals surface area contributed by atoms with E-state index in [1.807, 2.05) is 4.72 Å². The minimum atomic E-state index is -4.00. The number of carbonyl (C=O) groups excluding carboxylic acids is 1. The third-order valence-electron chi connectivity index (χ3n) is 3.37. The van der Waals surface area contributed by atoms with Crippen molar-refractivity contribution in [2.75, 3.05) is 7.11 Å². The van der Waals surface area contributed by atoms with Crippen LogP contribution < -0.4 is 9.46 Å². The van der Waals surface area contributed by atoms with E-state index in [4.69, 9.17) is 9.15 Å². The average molecular weight is 346 g/mol. The first kappa shape index (κ1) is 15.9. The summed E-state index contributed by atoms with van der Waals surface area (Å²) < 4.78 is 36.9. The molecule has 2 aromatic heterocycles. The van der Waals surface area contributed by atoms with Crippen molar-refractivity contribution in [3.05, 3.63) is 60.6 Å². The summed E-state index contributed by atoms with van der Waals surface area (Å²) in [6, 6.07) is 9.08. The zero-order valence-electron chi connectivity index (χ0n) is 12.6. The topological polar surface area (TPSA) is 101 Å². The van der Waals surface area contributed by atoms with Crippen molar-refractivity contribution < 1.29 is 22.4 Å². The number of hydrogen-bond donors (Lipinski definition) is 2. The molecule has 1 aromatic carbocycles. The second-order valence-electron chi connectivity index (χ2n) is 4.87. The van der Waals surface area contributed by atoms with Crippen molar-refractivity contribution in [1.29, 1.82) is 0 Å². The van der Waals surface area contributed by atoms with Gasteiger partial charge < -0.3 is 14.1 Å². The Balaban J connectivity index is 1.85. The summed E-state index contributed by atoms with van der Waals surface area (Å²) in [6.07, 6.45) is 4.45. The van der Waals surface area contributed by atoms with Crippen molar-refractivity contribution in [3.8, 4) is 17.1 Å². The van der Waals surface area contributed by atoms with E-state index < -0.39 is 15.9 Å².